The Hall–Kier alpha value is -1.99. The molecule has 0 fully saturated rings. The van der Waals surface area contributed by atoms with Crippen molar-refractivity contribution in [1.29, 1.82) is 0 Å². The van der Waals surface area contributed by atoms with Crippen LogP contribution in [-0.2, 0) is 4.79 Å². The maximum atomic E-state index is 13.3. The molecule has 1 aromatic carbocycles. The van der Waals surface area contributed by atoms with Gasteiger partial charge in [-0.25, -0.2) is 9.18 Å². The van der Waals surface area contributed by atoms with Gasteiger partial charge in [-0.3, -0.25) is 4.79 Å². The van der Waals surface area contributed by atoms with Crippen LogP contribution in [0.4, 0.5) is 4.39 Å². The Balaban J connectivity index is 2.93. The molecule has 2 atom stereocenters. The summed E-state index contributed by atoms with van der Waals surface area (Å²) in [4.78, 5) is 21.1. The van der Waals surface area contributed by atoms with Crippen molar-refractivity contribution < 1.29 is 29.3 Å². The van der Waals surface area contributed by atoms with Gasteiger partial charge in [0.05, 0.1) is 18.1 Å². The summed E-state index contributed by atoms with van der Waals surface area (Å²) in [6.45, 7) is 0. The Morgan fingerprint density at radius 2 is 1.94 bits per heavy atom. The third kappa shape index (κ3) is 3.25. The first-order valence-electron chi connectivity index (χ1n) is 5.00. The number of carboxylic acids is 1. The third-order valence-electron chi connectivity index (χ3n) is 2.34. The normalized spacial score (nSPS) is 13.9. The largest absolute Gasteiger partial charge is 0.478 e. The van der Waals surface area contributed by atoms with E-state index >= 15 is 0 Å². The van der Waals surface area contributed by atoms with E-state index < -0.39 is 41.9 Å². The second kappa shape index (κ2) is 5.56. The predicted molar refractivity (Wildman–Crippen MR) is 58.1 cm³/mol. The summed E-state index contributed by atoms with van der Waals surface area (Å²) >= 11 is 0. The molecule has 0 spiro atoms. The fraction of sp³-hybridized carbons (Fsp3) is 0.273. The first-order chi connectivity index (χ1) is 8.32. The SMILES string of the molecule is NC(=O)CC(O)C(O)c1ccc(C(=O)O)c(F)c1. The number of amides is 1. The molecule has 6 nitrogen and oxygen atoms in total. The lowest BCUT2D eigenvalue weighted by Gasteiger charge is -2.17. The van der Waals surface area contributed by atoms with E-state index in [1.165, 1.54) is 0 Å². The number of nitrogens with two attached hydrogens (primary N) is 1. The van der Waals surface area contributed by atoms with Crippen LogP contribution < -0.4 is 5.73 Å². The summed E-state index contributed by atoms with van der Waals surface area (Å²) in [7, 11) is 0. The highest BCUT2D eigenvalue weighted by molar-refractivity contribution is 5.87. The lowest BCUT2D eigenvalue weighted by Crippen LogP contribution is -2.25. The molecule has 0 bridgehead atoms. The van der Waals surface area contributed by atoms with E-state index in [0.717, 1.165) is 18.2 Å². The molecule has 1 aromatic rings. The zero-order valence-corrected chi connectivity index (χ0v) is 9.21. The Morgan fingerprint density at radius 3 is 2.39 bits per heavy atom. The molecule has 18 heavy (non-hydrogen) atoms. The van der Waals surface area contributed by atoms with E-state index in [0.29, 0.717) is 0 Å². The first-order valence-corrected chi connectivity index (χ1v) is 5.00. The second-order valence-corrected chi connectivity index (χ2v) is 3.73. The van der Waals surface area contributed by atoms with Gasteiger partial charge < -0.3 is 21.1 Å². The van der Waals surface area contributed by atoms with Crippen molar-refractivity contribution in [2.45, 2.75) is 18.6 Å². The zero-order valence-electron chi connectivity index (χ0n) is 9.21. The number of rotatable bonds is 5. The molecule has 0 aromatic heterocycles. The molecule has 7 heteroatoms. The Morgan fingerprint density at radius 1 is 1.33 bits per heavy atom. The number of primary amides is 1. The van der Waals surface area contributed by atoms with Crippen LogP contribution in [0.2, 0.25) is 0 Å². The number of carbonyl (C=O) groups excluding carboxylic acids is 1. The maximum Gasteiger partial charge on any atom is 0.338 e. The van der Waals surface area contributed by atoms with Crippen molar-refractivity contribution >= 4 is 11.9 Å². The Labute approximate surface area is 101 Å². The molecule has 0 aliphatic heterocycles. The van der Waals surface area contributed by atoms with Crippen molar-refractivity contribution in [1.82, 2.24) is 0 Å². The minimum Gasteiger partial charge on any atom is -0.478 e. The standard InChI is InChI=1S/C11H12FNO5/c12-7-3-5(1-2-6(7)11(17)18)10(16)8(14)4-9(13)15/h1-3,8,10,14,16H,4H2,(H2,13,15)(H,17,18). The first kappa shape index (κ1) is 14.1. The smallest absolute Gasteiger partial charge is 0.338 e. The molecule has 2 unspecified atom stereocenters. The number of aromatic carboxylic acids is 1. The van der Waals surface area contributed by atoms with Crippen molar-refractivity contribution in [3.8, 4) is 0 Å². The molecular formula is C11H12FNO5. The van der Waals surface area contributed by atoms with Crippen LogP contribution in [0.5, 0.6) is 0 Å². The number of halogens is 1. The highest BCUT2D eigenvalue weighted by Gasteiger charge is 2.22. The number of carboxylic acid groups (broad SMARTS) is 1. The number of hydrogen-bond donors (Lipinski definition) is 4. The average Bonchev–Trinajstić information content (AvgIpc) is 2.26. The molecule has 1 amide bonds. The molecule has 98 valence electrons. The number of aliphatic hydroxyl groups excluding tert-OH is 2. The summed E-state index contributed by atoms with van der Waals surface area (Å²) < 4.78 is 13.3. The van der Waals surface area contributed by atoms with Crippen LogP contribution >= 0.6 is 0 Å². The molecule has 5 N–H and O–H groups in total. The van der Waals surface area contributed by atoms with E-state index in [1.807, 2.05) is 0 Å². The summed E-state index contributed by atoms with van der Waals surface area (Å²) in [5.74, 6) is -3.29. The van der Waals surface area contributed by atoms with Gasteiger partial charge in [-0.1, -0.05) is 6.07 Å². The molecule has 0 aliphatic carbocycles. The van der Waals surface area contributed by atoms with E-state index in [-0.39, 0.29) is 5.56 Å². The van der Waals surface area contributed by atoms with Crippen molar-refractivity contribution in [3.05, 3.63) is 35.1 Å². The number of carbonyl (C=O) groups is 2. The fourth-order valence-corrected chi connectivity index (χ4v) is 1.43. The average molecular weight is 257 g/mol. The molecule has 1 rings (SSSR count). The van der Waals surface area contributed by atoms with Gasteiger partial charge in [-0.15, -0.1) is 0 Å². The highest BCUT2D eigenvalue weighted by atomic mass is 19.1. The van der Waals surface area contributed by atoms with Crippen molar-refractivity contribution in [3.63, 3.8) is 0 Å². The lowest BCUT2D eigenvalue weighted by atomic mass is 10.0. The van der Waals surface area contributed by atoms with Gasteiger partial charge >= 0.3 is 5.97 Å². The predicted octanol–water partition coefficient (Wildman–Crippen LogP) is -0.206. The summed E-state index contributed by atoms with van der Waals surface area (Å²) in [5.41, 5.74) is 4.26. The maximum absolute atomic E-state index is 13.3. The van der Waals surface area contributed by atoms with Crippen LogP contribution in [0.15, 0.2) is 18.2 Å². The molecule has 0 saturated heterocycles. The van der Waals surface area contributed by atoms with Gasteiger partial charge in [-0.05, 0) is 17.7 Å². The van der Waals surface area contributed by atoms with Gasteiger partial charge in [0.2, 0.25) is 5.91 Å². The second-order valence-electron chi connectivity index (χ2n) is 3.73. The molecule has 0 aliphatic rings. The summed E-state index contributed by atoms with van der Waals surface area (Å²) in [6, 6.07) is 2.91. The zero-order chi connectivity index (χ0) is 13.9. The lowest BCUT2D eigenvalue weighted by molar-refractivity contribution is -0.121. The molecule has 0 radical (unpaired) electrons. The van der Waals surface area contributed by atoms with Gasteiger partial charge in [0.1, 0.15) is 11.9 Å². The fourth-order valence-electron chi connectivity index (χ4n) is 1.43. The van der Waals surface area contributed by atoms with Crippen molar-refractivity contribution in [2.24, 2.45) is 5.73 Å². The minimum absolute atomic E-state index is 0.0359. The Kier molecular flexibility index (Phi) is 4.35. The van der Waals surface area contributed by atoms with Crippen LogP contribution in [0.3, 0.4) is 0 Å². The Bertz CT molecular complexity index is 477. The van der Waals surface area contributed by atoms with Crippen LogP contribution in [0.25, 0.3) is 0 Å². The highest BCUT2D eigenvalue weighted by Crippen LogP contribution is 2.21. The molecular weight excluding hydrogens is 245 g/mol. The van der Waals surface area contributed by atoms with Crippen LogP contribution in [0, 0.1) is 5.82 Å². The number of benzene rings is 1. The molecule has 0 heterocycles. The van der Waals surface area contributed by atoms with Gasteiger partial charge in [-0.2, -0.15) is 0 Å². The van der Waals surface area contributed by atoms with Crippen LogP contribution in [-0.4, -0.2) is 33.3 Å². The number of hydrogen-bond acceptors (Lipinski definition) is 4. The monoisotopic (exact) mass is 257 g/mol. The van der Waals surface area contributed by atoms with E-state index in [1.54, 1.807) is 0 Å². The third-order valence-corrected chi connectivity index (χ3v) is 2.34. The van der Waals surface area contributed by atoms with Crippen molar-refractivity contribution in [2.75, 3.05) is 0 Å². The van der Waals surface area contributed by atoms with Gasteiger partial charge in [0.25, 0.3) is 0 Å². The van der Waals surface area contributed by atoms with E-state index in [4.69, 9.17) is 10.8 Å². The topological polar surface area (TPSA) is 121 Å². The number of aliphatic hydroxyl groups is 2. The van der Waals surface area contributed by atoms with E-state index in [2.05, 4.69) is 0 Å². The molecule has 0 saturated carbocycles. The summed E-state index contributed by atoms with van der Waals surface area (Å²) in [5, 5.41) is 27.7. The van der Waals surface area contributed by atoms with E-state index in [9.17, 15) is 24.2 Å². The minimum atomic E-state index is -1.52. The van der Waals surface area contributed by atoms with Gasteiger partial charge in [0, 0.05) is 0 Å². The van der Waals surface area contributed by atoms with Crippen LogP contribution in [0.1, 0.15) is 28.4 Å². The van der Waals surface area contributed by atoms with Gasteiger partial charge in [0.15, 0.2) is 0 Å². The quantitative estimate of drug-likeness (QED) is 0.581. The summed E-state index contributed by atoms with van der Waals surface area (Å²) in [6.07, 6.45) is -3.48.